The molecule has 19 aromatic carbocycles. The van der Waals surface area contributed by atoms with E-state index < -0.39 is 17.3 Å². The van der Waals surface area contributed by atoms with Crippen LogP contribution in [0.25, 0.3) is 10.8 Å². The minimum absolute atomic E-state index is 0.0253. The second-order valence-corrected chi connectivity index (χ2v) is 36.9. The molecular formula is C127H97Cl3FN5O7. The summed E-state index contributed by atoms with van der Waals surface area (Å²) in [7, 11) is 1.69. The lowest BCUT2D eigenvalue weighted by Gasteiger charge is -2.37. The molecule has 0 saturated carbocycles. The van der Waals surface area contributed by atoms with E-state index in [0.717, 1.165) is 107 Å². The molecule has 0 aromatic heterocycles. The Morgan fingerprint density at radius 1 is 0.329 bits per heavy atom. The first kappa shape index (κ1) is 93.9. The van der Waals surface area contributed by atoms with Crippen molar-refractivity contribution < 1.29 is 38.1 Å². The van der Waals surface area contributed by atoms with Gasteiger partial charge in [-0.05, 0) is 249 Å². The number of carbonyl (C=O) groups excluding carboxylic acids is 3. The number of hydrogen-bond acceptors (Lipinski definition) is 8. The molecule has 5 heterocycles. The number of anilines is 5. The predicted molar refractivity (Wildman–Crippen MR) is 574 cm³/mol. The zero-order chi connectivity index (χ0) is 97.9. The van der Waals surface area contributed by atoms with Crippen LogP contribution < -0.4 is 34.8 Å². The van der Waals surface area contributed by atoms with Crippen molar-refractivity contribution in [1.82, 2.24) is 0 Å². The van der Waals surface area contributed by atoms with E-state index >= 15 is 0 Å². The minimum Gasteiger partial charge on any atom is -0.497 e. The predicted octanol–water partition coefficient (Wildman–Crippen LogP) is 30.3. The van der Waals surface area contributed by atoms with Crippen LogP contribution in [0.5, 0.6) is 11.5 Å². The molecular weight excluding hydrogens is 1830 g/mol. The fourth-order valence-electron chi connectivity index (χ4n) is 20.9. The molecule has 24 rings (SSSR count). The van der Waals surface area contributed by atoms with Crippen LogP contribution in [-0.2, 0) is 47.7 Å². The maximum atomic E-state index is 13.9. The summed E-state index contributed by atoms with van der Waals surface area (Å²) >= 11 is 18.9. The Balaban J connectivity index is 0.000000109. The van der Waals surface area contributed by atoms with Crippen molar-refractivity contribution in [2.75, 3.05) is 32.4 Å². The normalized spacial score (nSPS) is 15.7. The number of carboxylic acid groups (broad SMARTS) is 1. The highest BCUT2D eigenvalue weighted by Gasteiger charge is 2.44. The van der Waals surface area contributed by atoms with Gasteiger partial charge in [0.05, 0.1) is 37.8 Å². The summed E-state index contributed by atoms with van der Waals surface area (Å²) < 4.78 is 25.1. The summed E-state index contributed by atoms with van der Waals surface area (Å²) in [4.78, 5) is 55.6. The number of nitrogens with one attached hydrogen (secondary N) is 2. The van der Waals surface area contributed by atoms with Gasteiger partial charge >= 0.3 is 18.0 Å². The van der Waals surface area contributed by atoms with Crippen molar-refractivity contribution >= 4 is 97.9 Å². The van der Waals surface area contributed by atoms with E-state index in [-0.39, 0.29) is 48.0 Å². The smallest absolute Gasteiger partial charge is 0.420 e. The summed E-state index contributed by atoms with van der Waals surface area (Å²) in [6.45, 7) is 2.68. The van der Waals surface area contributed by atoms with Crippen LogP contribution in [0.2, 0.25) is 15.1 Å². The molecule has 0 saturated heterocycles. The minimum atomic E-state index is -1.47. The first-order chi connectivity index (χ1) is 70.1. The maximum absolute atomic E-state index is 13.9. The molecule has 0 spiro atoms. The molecule has 5 atom stereocenters. The van der Waals surface area contributed by atoms with Gasteiger partial charge in [-0.15, -0.1) is 0 Å². The maximum Gasteiger partial charge on any atom is 0.420 e. The fourth-order valence-corrected chi connectivity index (χ4v) is 21.4. The highest BCUT2D eigenvalue weighted by molar-refractivity contribution is 6.37. The van der Waals surface area contributed by atoms with Crippen LogP contribution in [0.15, 0.2) is 467 Å². The van der Waals surface area contributed by atoms with Crippen LogP contribution in [0.3, 0.4) is 0 Å². The Morgan fingerprint density at radius 2 is 0.755 bits per heavy atom. The van der Waals surface area contributed by atoms with Gasteiger partial charge < -0.3 is 30.1 Å². The molecule has 5 unspecified atom stereocenters. The van der Waals surface area contributed by atoms with Crippen LogP contribution in [-0.4, -0.2) is 36.1 Å². The van der Waals surface area contributed by atoms with E-state index in [1.54, 1.807) is 72.7 Å². The summed E-state index contributed by atoms with van der Waals surface area (Å²) in [5.74, 6) is -1.23. The number of fused-ring (bicyclic) bond motifs is 11. The number of rotatable bonds is 9. The molecule has 0 bridgehead atoms. The van der Waals surface area contributed by atoms with Gasteiger partial charge in [0, 0.05) is 80.1 Å². The zero-order valence-electron chi connectivity index (χ0n) is 78.1. The Bertz CT molecular complexity index is 7860. The molecule has 5 aliphatic rings. The van der Waals surface area contributed by atoms with Gasteiger partial charge in [0.15, 0.2) is 0 Å². The molecule has 5 aliphatic heterocycles. The third-order valence-electron chi connectivity index (χ3n) is 27.4. The van der Waals surface area contributed by atoms with E-state index in [9.17, 15) is 28.7 Å². The van der Waals surface area contributed by atoms with Crippen molar-refractivity contribution in [3.8, 4) is 11.5 Å². The average molecular weight is 1930 g/mol. The van der Waals surface area contributed by atoms with Gasteiger partial charge in [0.2, 0.25) is 0 Å². The second-order valence-electron chi connectivity index (χ2n) is 35.6. The molecule has 16 heteroatoms. The van der Waals surface area contributed by atoms with Gasteiger partial charge in [0.1, 0.15) is 17.3 Å². The molecule has 0 fully saturated rings. The summed E-state index contributed by atoms with van der Waals surface area (Å²) in [5.41, 5.74) is 28.6. The number of para-hydroxylation sites is 5. The number of aliphatic carboxylic acids is 1. The molecule has 143 heavy (non-hydrogen) atoms. The van der Waals surface area contributed by atoms with Gasteiger partial charge in [0.25, 0.3) is 5.91 Å². The van der Waals surface area contributed by atoms with Crippen molar-refractivity contribution in [1.29, 1.82) is 0 Å². The number of amides is 3. The average Bonchev–Trinajstić information content (AvgIpc) is 1.71. The number of benzene rings is 19. The number of nitrogens with zero attached hydrogens (tertiary/aromatic N) is 3. The van der Waals surface area contributed by atoms with E-state index in [0.29, 0.717) is 46.7 Å². The Morgan fingerprint density at radius 3 is 1.32 bits per heavy atom. The highest BCUT2D eigenvalue weighted by Crippen LogP contribution is 2.53. The monoisotopic (exact) mass is 1930 g/mol. The number of methoxy groups -OCH3 is 1. The van der Waals surface area contributed by atoms with Crippen molar-refractivity contribution in [2.45, 2.75) is 61.8 Å². The SMILES string of the molecule is COc1ccc2c(c1)CNc1ccccc1C2(c1ccccc1)c1ccc(F)cc1.Clc1ccc2c(c1)C(c1ccccc1)c1cc3ccccc3cc1CN2.O=C(O)C(=O)N1Cc2ccccc2C(c2ccccc2Cl)c2ccccc21.O=C(Oc1ccccc1)N1Cc2ccccc2C(c2ccccc2)c2ccccc21.O=C(c1ccc(Cl)cc1)N1Cc2ccccc2C(c2ccccc2)c2ccccc21. The first-order valence-corrected chi connectivity index (χ1v) is 48.7. The van der Waals surface area contributed by atoms with Crippen LogP contribution in [0.1, 0.15) is 151 Å². The molecule has 0 aliphatic carbocycles. The van der Waals surface area contributed by atoms with Crippen LogP contribution >= 0.6 is 34.8 Å². The van der Waals surface area contributed by atoms with Crippen LogP contribution in [0, 0.1) is 5.82 Å². The Kier molecular flexibility index (Phi) is 28.0. The second kappa shape index (κ2) is 42.6. The number of carboxylic acids is 1. The standard InChI is InChI=1S/C27H20ClNO.C27H22FNO.C27H21NO2.C24H18ClN.C22H16ClNO3/c28-22-16-14-20(15-17-22)27(30)29-18-21-10-4-5-11-23(21)26(19-8-2-1-3-9-19)24-12-6-7-13-25(24)29;1-30-23-15-16-24-19(17-23)18-29-26-10-6-5-9-25(26)27(24,20-7-3-2-4-8-20)21-11-13-22(28)14-12-21;29-27(30-22-14-5-2-6-15-22)28-19-21-13-7-8-16-23(21)26(20-11-3-1-4-12-20)24-17-9-10-18-25(24)28;25-20-10-11-23-22(14-20)24(16-6-2-1-3-7-16)21-13-18-9-5-4-8-17(18)12-19(21)15-26-23;23-18-11-5-3-9-16(18)20-15-8-2-1-7-14(15)13-24(21(25)22(26)27)19-12-6-4-10-17(19)20/h1-17,26H,18H2;2-17,29H,18H2,1H3;1-18,26H,19H2;1-14,24,26H,15H2;1-12,20H,13H2,(H,26,27). The lowest BCUT2D eigenvalue weighted by atomic mass is 9.64. The van der Waals surface area contributed by atoms with E-state index in [4.69, 9.17) is 44.3 Å². The highest BCUT2D eigenvalue weighted by atomic mass is 35.5. The number of ether oxygens (including phenoxy) is 2. The molecule has 12 nitrogen and oxygen atoms in total. The summed E-state index contributed by atoms with van der Waals surface area (Å²) in [5, 5.41) is 21.1. The molecule has 700 valence electrons. The van der Waals surface area contributed by atoms with Crippen LogP contribution in [0.4, 0.5) is 37.6 Å². The zero-order valence-corrected chi connectivity index (χ0v) is 80.3. The molecule has 3 amide bonds. The third-order valence-corrected chi connectivity index (χ3v) is 28.2. The van der Waals surface area contributed by atoms with E-state index in [2.05, 4.69) is 241 Å². The summed E-state index contributed by atoms with van der Waals surface area (Å²) in [6, 6.07) is 155. The first-order valence-electron chi connectivity index (χ1n) is 47.6. The largest absolute Gasteiger partial charge is 0.497 e. The summed E-state index contributed by atoms with van der Waals surface area (Å²) in [6.07, 6.45) is -0.378. The lowest BCUT2D eigenvalue weighted by Crippen LogP contribution is -2.36. The van der Waals surface area contributed by atoms with Gasteiger partial charge in [-0.25, -0.2) is 14.0 Å². The van der Waals surface area contributed by atoms with Crippen molar-refractivity contribution in [2.24, 2.45) is 0 Å². The van der Waals surface area contributed by atoms with Gasteiger partial charge in [-0.2, -0.15) is 0 Å². The quantitative estimate of drug-likeness (QED) is 0.120. The Labute approximate surface area is 846 Å². The number of halogens is 4. The number of carbonyl (C=O) groups is 4. The van der Waals surface area contributed by atoms with E-state index in [1.807, 2.05) is 181 Å². The molecule has 3 N–H and O–H groups in total. The topological polar surface area (TPSA) is 141 Å². The molecule has 0 radical (unpaired) electrons. The number of hydrogen-bond donors (Lipinski definition) is 3. The van der Waals surface area contributed by atoms with Gasteiger partial charge in [-0.1, -0.05) is 381 Å². The lowest BCUT2D eigenvalue weighted by molar-refractivity contribution is -0.148. The third kappa shape index (κ3) is 19.5. The molecule has 19 aromatic rings. The Hall–Kier alpha value is -16.7. The van der Waals surface area contributed by atoms with Crippen molar-refractivity contribution in [3.63, 3.8) is 0 Å². The van der Waals surface area contributed by atoms with Crippen molar-refractivity contribution in [3.05, 3.63) is 610 Å². The fraction of sp³-hybridized carbons (Fsp3) is 0.0866. The van der Waals surface area contributed by atoms with E-state index in [1.165, 1.54) is 65.7 Å². The van der Waals surface area contributed by atoms with Gasteiger partial charge in [-0.3, -0.25) is 19.4 Å².